The van der Waals surface area contributed by atoms with E-state index in [2.05, 4.69) is 13.8 Å². The van der Waals surface area contributed by atoms with Crippen LogP contribution in [0.15, 0.2) is 18.2 Å². The number of hydrogen-bond donors (Lipinski definition) is 1. The molecule has 2 N–H and O–H groups in total. The van der Waals surface area contributed by atoms with Crippen LogP contribution in [0, 0.1) is 5.92 Å². The third-order valence-corrected chi connectivity index (χ3v) is 3.65. The summed E-state index contributed by atoms with van der Waals surface area (Å²) in [6, 6.07) is 5.57. The normalized spacial score (nSPS) is 12.6. The molecule has 0 bridgehead atoms. The number of anilines is 1. The third kappa shape index (κ3) is 4.87. The zero-order valence-corrected chi connectivity index (χ0v) is 12.2. The molecule has 1 aromatic carbocycles. The van der Waals surface area contributed by atoms with Crippen LogP contribution in [0.1, 0.15) is 45.1 Å². The minimum atomic E-state index is 0.508. The van der Waals surface area contributed by atoms with Crippen molar-refractivity contribution in [3.8, 4) is 0 Å². The monoisotopic (exact) mass is 269 g/mol. The van der Waals surface area contributed by atoms with E-state index in [0.29, 0.717) is 23.2 Å². The Balaban J connectivity index is 2.40. The Morgan fingerprint density at radius 1 is 1.33 bits per heavy atom. The fourth-order valence-corrected chi connectivity index (χ4v) is 2.19. The van der Waals surface area contributed by atoms with Gasteiger partial charge in [0.25, 0.3) is 0 Å². The van der Waals surface area contributed by atoms with Gasteiger partial charge in [0.2, 0.25) is 0 Å². The van der Waals surface area contributed by atoms with Crippen molar-refractivity contribution < 1.29 is 4.74 Å². The Labute approximate surface area is 115 Å². The van der Waals surface area contributed by atoms with Crippen molar-refractivity contribution in [2.24, 2.45) is 5.92 Å². The average molecular weight is 270 g/mol. The summed E-state index contributed by atoms with van der Waals surface area (Å²) in [6.45, 7) is 5.74. The topological polar surface area (TPSA) is 35.2 Å². The second-order valence-electron chi connectivity index (χ2n) is 4.74. The highest BCUT2D eigenvalue weighted by Gasteiger charge is 2.08. The fraction of sp³-hybridized carbons (Fsp3) is 0.600. The largest absolute Gasteiger partial charge is 0.398 e. The Bertz CT molecular complexity index is 334. The summed E-state index contributed by atoms with van der Waals surface area (Å²) in [5, 5.41) is 0.691. The molecule has 1 unspecified atom stereocenters. The maximum atomic E-state index is 6.10. The van der Waals surface area contributed by atoms with E-state index in [9.17, 15) is 0 Å². The molecule has 0 amide bonds. The zero-order valence-electron chi connectivity index (χ0n) is 11.4. The van der Waals surface area contributed by atoms with E-state index in [-0.39, 0.29) is 0 Å². The van der Waals surface area contributed by atoms with Crippen LogP contribution in [0.3, 0.4) is 0 Å². The van der Waals surface area contributed by atoms with Crippen LogP contribution >= 0.6 is 11.6 Å². The van der Waals surface area contributed by atoms with Gasteiger partial charge in [0.15, 0.2) is 0 Å². The van der Waals surface area contributed by atoms with Gasteiger partial charge in [-0.2, -0.15) is 0 Å². The molecule has 1 aromatic rings. The molecule has 0 aliphatic heterocycles. The number of ether oxygens (including phenoxy) is 1. The average Bonchev–Trinajstić information content (AvgIpc) is 2.36. The molecule has 0 spiro atoms. The first-order valence-electron chi connectivity index (χ1n) is 6.79. The van der Waals surface area contributed by atoms with Gasteiger partial charge in [-0.3, -0.25) is 0 Å². The van der Waals surface area contributed by atoms with Gasteiger partial charge in [-0.25, -0.2) is 0 Å². The Kier molecular flexibility index (Phi) is 7.14. The summed E-state index contributed by atoms with van der Waals surface area (Å²) in [5.41, 5.74) is 7.51. The molecule has 0 aromatic heterocycles. The van der Waals surface area contributed by atoms with Crippen molar-refractivity contribution in [3.63, 3.8) is 0 Å². The first kappa shape index (κ1) is 15.3. The van der Waals surface area contributed by atoms with Crippen molar-refractivity contribution >= 4 is 17.3 Å². The molecular formula is C15H24ClNO. The fourth-order valence-electron chi connectivity index (χ4n) is 1.95. The van der Waals surface area contributed by atoms with Crippen LogP contribution in [-0.2, 0) is 11.3 Å². The van der Waals surface area contributed by atoms with Crippen molar-refractivity contribution in [1.29, 1.82) is 0 Å². The molecular weight excluding hydrogens is 246 g/mol. The Morgan fingerprint density at radius 2 is 2.11 bits per heavy atom. The van der Waals surface area contributed by atoms with E-state index in [1.54, 1.807) is 0 Å². The predicted molar refractivity (Wildman–Crippen MR) is 78.8 cm³/mol. The number of halogens is 1. The van der Waals surface area contributed by atoms with Crippen molar-refractivity contribution in [1.82, 2.24) is 0 Å². The van der Waals surface area contributed by atoms with Crippen LogP contribution in [-0.4, -0.2) is 6.61 Å². The van der Waals surface area contributed by atoms with E-state index < -0.39 is 0 Å². The van der Waals surface area contributed by atoms with Crippen LogP contribution in [0.2, 0.25) is 5.02 Å². The number of benzene rings is 1. The van der Waals surface area contributed by atoms with Crippen LogP contribution < -0.4 is 5.73 Å². The molecule has 0 saturated carbocycles. The Morgan fingerprint density at radius 3 is 2.72 bits per heavy atom. The molecule has 3 heteroatoms. The quantitative estimate of drug-likeness (QED) is 0.697. The highest BCUT2D eigenvalue weighted by Crippen LogP contribution is 2.23. The van der Waals surface area contributed by atoms with Gasteiger partial charge < -0.3 is 10.5 Å². The van der Waals surface area contributed by atoms with Gasteiger partial charge >= 0.3 is 0 Å². The molecule has 0 fully saturated rings. The molecule has 102 valence electrons. The van der Waals surface area contributed by atoms with Crippen LogP contribution in [0.4, 0.5) is 5.69 Å². The van der Waals surface area contributed by atoms with Crippen LogP contribution in [0.5, 0.6) is 0 Å². The van der Waals surface area contributed by atoms with E-state index in [0.717, 1.165) is 18.6 Å². The van der Waals surface area contributed by atoms with E-state index in [1.807, 2.05) is 18.2 Å². The second kappa shape index (κ2) is 8.39. The zero-order chi connectivity index (χ0) is 13.4. The Hall–Kier alpha value is -0.730. The maximum Gasteiger partial charge on any atom is 0.0751 e. The minimum Gasteiger partial charge on any atom is -0.398 e. The first-order valence-corrected chi connectivity index (χ1v) is 7.17. The molecule has 0 aliphatic rings. The van der Waals surface area contributed by atoms with Crippen molar-refractivity contribution in [2.75, 3.05) is 12.3 Å². The lowest BCUT2D eigenvalue weighted by Crippen LogP contribution is -2.09. The minimum absolute atomic E-state index is 0.508. The number of nitrogens with two attached hydrogens (primary N) is 1. The predicted octanol–water partition coefficient (Wildman–Crippen LogP) is 4.66. The lowest BCUT2D eigenvalue weighted by molar-refractivity contribution is 0.0823. The highest BCUT2D eigenvalue weighted by atomic mass is 35.5. The molecule has 2 nitrogen and oxygen atoms in total. The second-order valence-corrected chi connectivity index (χ2v) is 5.15. The van der Waals surface area contributed by atoms with E-state index >= 15 is 0 Å². The molecule has 0 radical (unpaired) electrons. The first-order chi connectivity index (χ1) is 8.69. The van der Waals surface area contributed by atoms with Gasteiger partial charge in [-0.15, -0.1) is 0 Å². The molecule has 1 rings (SSSR count). The molecule has 18 heavy (non-hydrogen) atoms. The summed E-state index contributed by atoms with van der Waals surface area (Å²) in [4.78, 5) is 0. The highest BCUT2D eigenvalue weighted by molar-refractivity contribution is 6.31. The summed E-state index contributed by atoms with van der Waals surface area (Å²) in [5.74, 6) is 0.647. The van der Waals surface area contributed by atoms with Crippen LogP contribution in [0.25, 0.3) is 0 Å². The molecule has 0 saturated heterocycles. The van der Waals surface area contributed by atoms with Crippen molar-refractivity contribution in [2.45, 2.75) is 46.1 Å². The standard InChI is InChI=1S/C15H24ClNO/c1-3-5-7-12(4-2)10-18-11-13-14(16)8-6-9-15(13)17/h6,8-9,12H,3-5,7,10-11,17H2,1-2H3. The van der Waals surface area contributed by atoms with Gasteiger partial charge in [0, 0.05) is 22.9 Å². The summed E-state index contributed by atoms with van der Waals surface area (Å²) < 4.78 is 5.77. The SMILES string of the molecule is CCCCC(CC)COCc1c(N)cccc1Cl. The number of nitrogen functional groups attached to an aromatic ring is 1. The summed E-state index contributed by atoms with van der Waals surface area (Å²) >= 11 is 6.10. The van der Waals surface area contributed by atoms with Gasteiger partial charge in [-0.1, -0.05) is 50.8 Å². The number of hydrogen-bond acceptors (Lipinski definition) is 2. The molecule has 0 heterocycles. The lowest BCUT2D eigenvalue weighted by Gasteiger charge is -2.15. The van der Waals surface area contributed by atoms with E-state index in [4.69, 9.17) is 22.1 Å². The summed E-state index contributed by atoms with van der Waals surface area (Å²) in [6.07, 6.45) is 4.92. The van der Waals surface area contributed by atoms with E-state index in [1.165, 1.54) is 19.3 Å². The van der Waals surface area contributed by atoms with Crippen molar-refractivity contribution in [3.05, 3.63) is 28.8 Å². The third-order valence-electron chi connectivity index (χ3n) is 3.30. The number of rotatable bonds is 8. The molecule has 1 atom stereocenters. The molecule has 0 aliphatic carbocycles. The summed E-state index contributed by atoms with van der Waals surface area (Å²) in [7, 11) is 0. The van der Waals surface area contributed by atoms with Gasteiger partial charge in [0.05, 0.1) is 6.61 Å². The lowest BCUT2D eigenvalue weighted by atomic mass is 10.0. The van der Waals surface area contributed by atoms with Gasteiger partial charge in [0.1, 0.15) is 0 Å². The smallest absolute Gasteiger partial charge is 0.0751 e. The van der Waals surface area contributed by atoms with Gasteiger partial charge in [-0.05, 0) is 24.5 Å². The number of unbranched alkanes of at least 4 members (excludes halogenated alkanes) is 1. The maximum absolute atomic E-state index is 6.10.